The van der Waals surface area contributed by atoms with Crippen LogP contribution in [0.25, 0.3) is 0 Å². The number of nitrogens with one attached hydrogen (secondary N) is 1. The van der Waals surface area contributed by atoms with Crippen LogP contribution in [0.5, 0.6) is 5.88 Å². The van der Waals surface area contributed by atoms with E-state index in [-0.39, 0.29) is 17.6 Å². The van der Waals surface area contributed by atoms with Crippen molar-refractivity contribution in [1.29, 1.82) is 0 Å². The molecule has 1 aromatic rings. The van der Waals surface area contributed by atoms with Crippen molar-refractivity contribution >= 4 is 11.8 Å². The van der Waals surface area contributed by atoms with Gasteiger partial charge in [-0.25, -0.2) is 9.78 Å². The number of amides is 1. The number of carbonyl (C=O) groups excluding carboxylic acids is 1. The van der Waals surface area contributed by atoms with E-state index in [9.17, 15) is 4.79 Å². The first kappa shape index (κ1) is 22.9. The van der Waals surface area contributed by atoms with Crippen LogP contribution in [0.2, 0.25) is 0 Å². The number of pyridine rings is 1. The molecule has 0 bridgehead atoms. The number of ether oxygens (including phenoxy) is 2. The van der Waals surface area contributed by atoms with Gasteiger partial charge in [0.15, 0.2) is 0 Å². The monoisotopic (exact) mass is 357 g/mol. The lowest BCUT2D eigenvalue weighted by Crippen LogP contribution is -2.42. The van der Waals surface area contributed by atoms with Gasteiger partial charge in [-0.3, -0.25) is 10.7 Å². The Bertz CT molecular complexity index is 519. The van der Waals surface area contributed by atoms with Gasteiger partial charge in [0.25, 0.3) is 0 Å². The molecule has 8 heteroatoms. The fraction of sp³-hybridized carbons (Fsp3) is 0.647. The maximum absolute atomic E-state index is 12.2. The number of likely N-dealkylation sites (tertiary alicyclic amines) is 1. The first-order valence-electron chi connectivity index (χ1n) is 8.38. The zero-order chi connectivity index (χ0) is 18.2. The third kappa shape index (κ3) is 7.15. The first-order valence-corrected chi connectivity index (χ1v) is 8.38. The lowest BCUT2D eigenvalue weighted by molar-refractivity contribution is 0.0186. The molecule has 1 atom stereocenters. The van der Waals surface area contributed by atoms with Crippen molar-refractivity contribution in [1.82, 2.24) is 9.88 Å². The fourth-order valence-electron chi connectivity index (χ4n) is 2.34. The SMILES string of the molecule is CC.CC(C)(C)OC(=O)N1CCC[C@H]1COc1ncccc1NO.O. The van der Waals surface area contributed by atoms with Crippen LogP contribution in [0, 0.1) is 0 Å². The molecule has 0 aromatic carbocycles. The van der Waals surface area contributed by atoms with E-state index < -0.39 is 5.60 Å². The zero-order valence-electron chi connectivity index (χ0n) is 15.7. The largest absolute Gasteiger partial charge is 0.474 e. The molecule has 144 valence electrons. The van der Waals surface area contributed by atoms with Crippen LogP contribution < -0.4 is 10.2 Å². The topological polar surface area (TPSA) is 115 Å². The number of rotatable bonds is 4. The molecule has 2 heterocycles. The zero-order valence-corrected chi connectivity index (χ0v) is 15.7. The molecule has 0 saturated carbocycles. The van der Waals surface area contributed by atoms with Crippen molar-refractivity contribution in [3.8, 4) is 5.88 Å². The van der Waals surface area contributed by atoms with Crippen LogP contribution in [0.15, 0.2) is 18.3 Å². The third-order valence-electron chi connectivity index (χ3n) is 3.31. The van der Waals surface area contributed by atoms with E-state index in [0.717, 1.165) is 12.8 Å². The number of anilines is 1. The molecule has 1 aliphatic rings. The minimum absolute atomic E-state index is 0. The predicted molar refractivity (Wildman–Crippen MR) is 96.1 cm³/mol. The number of hydrogen-bond acceptors (Lipinski definition) is 6. The molecule has 2 rings (SSSR count). The molecule has 1 saturated heterocycles. The van der Waals surface area contributed by atoms with Crippen molar-refractivity contribution in [2.75, 3.05) is 18.6 Å². The van der Waals surface area contributed by atoms with Gasteiger partial charge in [-0.15, -0.1) is 0 Å². The highest BCUT2D eigenvalue weighted by Gasteiger charge is 2.32. The first-order chi connectivity index (χ1) is 11.4. The van der Waals surface area contributed by atoms with Gasteiger partial charge in [0.2, 0.25) is 5.88 Å². The van der Waals surface area contributed by atoms with Crippen molar-refractivity contribution in [3.05, 3.63) is 18.3 Å². The van der Waals surface area contributed by atoms with Crippen LogP contribution in [0.1, 0.15) is 47.5 Å². The molecular formula is C17H31N3O5. The van der Waals surface area contributed by atoms with E-state index >= 15 is 0 Å². The predicted octanol–water partition coefficient (Wildman–Crippen LogP) is 2.86. The molecule has 0 radical (unpaired) electrons. The average Bonchev–Trinajstić information content (AvgIpc) is 3.02. The molecule has 0 aliphatic carbocycles. The van der Waals surface area contributed by atoms with Crippen LogP contribution >= 0.6 is 0 Å². The maximum Gasteiger partial charge on any atom is 0.410 e. The summed E-state index contributed by atoms with van der Waals surface area (Å²) in [5, 5.41) is 9.02. The van der Waals surface area contributed by atoms with Gasteiger partial charge in [0, 0.05) is 12.7 Å². The number of aromatic nitrogens is 1. The molecular weight excluding hydrogens is 326 g/mol. The van der Waals surface area contributed by atoms with Gasteiger partial charge in [-0.05, 0) is 45.7 Å². The Morgan fingerprint density at radius 1 is 1.44 bits per heavy atom. The van der Waals surface area contributed by atoms with Gasteiger partial charge < -0.3 is 19.8 Å². The normalized spacial score (nSPS) is 16.2. The van der Waals surface area contributed by atoms with Crippen LogP contribution in [-0.4, -0.2) is 51.5 Å². The smallest absolute Gasteiger partial charge is 0.410 e. The van der Waals surface area contributed by atoms with Crippen molar-refractivity contribution in [2.24, 2.45) is 0 Å². The Balaban J connectivity index is 0.00000185. The minimum Gasteiger partial charge on any atom is -0.474 e. The molecule has 1 aromatic heterocycles. The Labute approximate surface area is 149 Å². The molecule has 4 N–H and O–H groups in total. The summed E-state index contributed by atoms with van der Waals surface area (Å²) in [4.78, 5) is 17.9. The highest BCUT2D eigenvalue weighted by atomic mass is 16.6. The fourth-order valence-corrected chi connectivity index (χ4v) is 2.34. The average molecular weight is 357 g/mol. The maximum atomic E-state index is 12.2. The van der Waals surface area contributed by atoms with Gasteiger partial charge in [0.1, 0.15) is 17.9 Å². The molecule has 0 unspecified atom stereocenters. The quantitative estimate of drug-likeness (QED) is 0.801. The Hall–Kier alpha value is -2.06. The molecule has 1 fully saturated rings. The van der Waals surface area contributed by atoms with Gasteiger partial charge in [-0.1, -0.05) is 13.8 Å². The summed E-state index contributed by atoms with van der Waals surface area (Å²) >= 11 is 0. The van der Waals surface area contributed by atoms with Gasteiger partial charge in [-0.2, -0.15) is 0 Å². The van der Waals surface area contributed by atoms with Crippen molar-refractivity contribution < 1.29 is 25.0 Å². The minimum atomic E-state index is -0.514. The summed E-state index contributed by atoms with van der Waals surface area (Å²) in [6.07, 6.45) is 3.03. The summed E-state index contributed by atoms with van der Waals surface area (Å²) in [5.74, 6) is 0.307. The molecule has 1 amide bonds. The molecule has 1 aliphatic heterocycles. The Morgan fingerprint density at radius 2 is 2.12 bits per heavy atom. The van der Waals surface area contributed by atoms with Gasteiger partial charge in [0.05, 0.1) is 6.04 Å². The van der Waals surface area contributed by atoms with E-state index in [1.165, 1.54) is 0 Å². The van der Waals surface area contributed by atoms with Crippen LogP contribution in [0.4, 0.5) is 10.5 Å². The summed E-state index contributed by atoms with van der Waals surface area (Å²) in [5.41, 5.74) is 1.92. The van der Waals surface area contributed by atoms with E-state index in [2.05, 4.69) is 4.98 Å². The van der Waals surface area contributed by atoms with Crippen molar-refractivity contribution in [2.45, 2.75) is 59.1 Å². The van der Waals surface area contributed by atoms with Gasteiger partial charge >= 0.3 is 6.09 Å². The summed E-state index contributed by atoms with van der Waals surface area (Å²) in [7, 11) is 0. The highest BCUT2D eigenvalue weighted by Crippen LogP contribution is 2.24. The summed E-state index contributed by atoms with van der Waals surface area (Å²) in [6.45, 7) is 10.5. The van der Waals surface area contributed by atoms with Crippen LogP contribution in [0.3, 0.4) is 0 Å². The lowest BCUT2D eigenvalue weighted by atomic mass is 10.2. The highest BCUT2D eigenvalue weighted by molar-refractivity contribution is 5.69. The second-order valence-electron chi connectivity index (χ2n) is 6.25. The number of carbonyl (C=O) groups is 1. The van der Waals surface area contributed by atoms with E-state index in [4.69, 9.17) is 14.7 Å². The molecule has 8 nitrogen and oxygen atoms in total. The lowest BCUT2D eigenvalue weighted by Gasteiger charge is -2.28. The van der Waals surface area contributed by atoms with Crippen LogP contribution in [-0.2, 0) is 4.74 Å². The second-order valence-corrected chi connectivity index (χ2v) is 6.25. The number of nitrogens with zero attached hydrogens (tertiary/aromatic N) is 2. The standard InChI is InChI=1S/C15H23N3O4.C2H6.H2O/c1-15(2,3)22-14(19)18-9-5-6-11(18)10-21-13-12(17-20)7-4-8-16-13;1-2;/h4,7-8,11,17,20H,5-6,9-10H2,1-3H3;1-2H3;1H2/t11-;;/m0../s1. The third-order valence-corrected chi connectivity index (χ3v) is 3.31. The van der Waals surface area contributed by atoms with E-state index in [1.807, 2.05) is 40.1 Å². The second kappa shape index (κ2) is 10.7. The summed E-state index contributed by atoms with van der Waals surface area (Å²) in [6, 6.07) is 3.29. The molecule has 25 heavy (non-hydrogen) atoms. The van der Waals surface area contributed by atoms with E-state index in [0.29, 0.717) is 24.7 Å². The van der Waals surface area contributed by atoms with Crippen molar-refractivity contribution in [3.63, 3.8) is 0 Å². The Kier molecular flexibility index (Phi) is 9.85. The number of hydrogen-bond donors (Lipinski definition) is 2. The summed E-state index contributed by atoms with van der Waals surface area (Å²) < 4.78 is 11.1. The van der Waals surface area contributed by atoms with E-state index in [1.54, 1.807) is 23.2 Å². The molecule has 0 spiro atoms. The Morgan fingerprint density at radius 3 is 2.72 bits per heavy atom.